The number of H-pyrrole nitrogens is 1. The lowest BCUT2D eigenvalue weighted by Crippen LogP contribution is -2.23. The molecule has 2 N–H and O–H groups in total. The first-order chi connectivity index (χ1) is 13.2. The molecule has 3 aromatic heterocycles. The molecule has 3 heterocycles. The number of carbonyl (C=O) groups is 2. The molecular weight excluding hydrogens is 344 g/mol. The van der Waals surface area contributed by atoms with Crippen LogP contribution in [0.4, 0.5) is 0 Å². The van der Waals surface area contributed by atoms with Gasteiger partial charge in [-0.05, 0) is 35.9 Å². The number of hydrogen-bond donors (Lipinski definition) is 2. The van der Waals surface area contributed by atoms with Crippen LogP contribution in [-0.4, -0.2) is 34.3 Å². The number of benzene rings is 1. The Morgan fingerprint density at radius 2 is 2.07 bits per heavy atom. The van der Waals surface area contributed by atoms with Gasteiger partial charge in [-0.25, -0.2) is 4.98 Å². The summed E-state index contributed by atoms with van der Waals surface area (Å²) in [5.41, 5.74) is 3.22. The first kappa shape index (κ1) is 16.7. The quantitative estimate of drug-likeness (QED) is 0.534. The second kappa shape index (κ2) is 6.87. The van der Waals surface area contributed by atoms with E-state index in [0.29, 0.717) is 28.9 Å². The number of hydrogen-bond acceptors (Lipinski definition) is 5. The number of aromatic amines is 1. The van der Waals surface area contributed by atoms with Gasteiger partial charge in [0.15, 0.2) is 6.29 Å². The van der Waals surface area contributed by atoms with Crippen molar-refractivity contribution in [3.05, 3.63) is 65.6 Å². The highest BCUT2D eigenvalue weighted by Crippen LogP contribution is 2.26. The normalized spacial score (nSPS) is 10.9. The molecule has 0 atom stereocenters. The third-order valence-electron chi connectivity index (χ3n) is 4.30. The van der Waals surface area contributed by atoms with Gasteiger partial charge in [-0.3, -0.25) is 14.6 Å². The van der Waals surface area contributed by atoms with Crippen LogP contribution in [0.25, 0.3) is 21.9 Å². The van der Waals surface area contributed by atoms with Crippen LogP contribution >= 0.6 is 0 Å². The van der Waals surface area contributed by atoms with E-state index in [9.17, 15) is 9.59 Å². The van der Waals surface area contributed by atoms with Gasteiger partial charge < -0.3 is 15.0 Å². The highest BCUT2D eigenvalue weighted by molar-refractivity contribution is 5.97. The van der Waals surface area contributed by atoms with E-state index in [2.05, 4.69) is 20.3 Å². The molecule has 1 amide bonds. The average Bonchev–Trinajstić information content (AvgIpc) is 3.18. The summed E-state index contributed by atoms with van der Waals surface area (Å²) < 4.78 is 5.40. The van der Waals surface area contributed by atoms with Gasteiger partial charge in [0, 0.05) is 41.5 Å². The fourth-order valence-electron chi connectivity index (χ4n) is 2.96. The number of aromatic nitrogens is 3. The lowest BCUT2D eigenvalue weighted by molar-refractivity contribution is 0.0950. The van der Waals surface area contributed by atoms with Crippen molar-refractivity contribution >= 4 is 34.1 Å². The molecule has 1 aromatic carbocycles. The molecule has 0 saturated carbocycles. The van der Waals surface area contributed by atoms with Crippen LogP contribution in [-0.2, 0) is 6.54 Å². The number of methoxy groups -OCH3 is 1. The lowest BCUT2D eigenvalue weighted by atomic mass is 10.1. The van der Waals surface area contributed by atoms with Gasteiger partial charge in [0.25, 0.3) is 5.91 Å². The Labute approximate surface area is 154 Å². The van der Waals surface area contributed by atoms with Crippen molar-refractivity contribution in [3.63, 3.8) is 0 Å². The Kier molecular flexibility index (Phi) is 4.25. The summed E-state index contributed by atoms with van der Waals surface area (Å²) >= 11 is 0. The molecule has 0 saturated heterocycles. The maximum atomic E-state index is 12.5. The zero-order chi connectivity index (χ0) is 18.8. The summed E-state index contributed by atoms with van der Waals surface area (Å²) in [4.78, 5) is 34.9. The fourth-order valence-corrected chi connectivity index (χ4v) is 2.96. The van der Waals surface area contributed by atoms with Crippen LogP contribution in [0, 0.1) is 0 Å². The van der Waals surface area contributed by atoms with Crippen LogP contribution in [0.15, 0.2) is 48.9 Å². The standard InChI is InChI=1S/C20H16N4O3/c1-27-17-6-12(4-15-5-13(11-25)9-22-18(15)17)8-24-20(26)16-7-14-2-3-21-19(14)23-10-16/h2-7,9-11H,8H2,1H3,(H,21,23)(H,24,26). The second-order valence-electron chi connectivity index (χ2n) is 6.08. The lowest BCUT2D eigenvalue weighted by Gasteiger charge is -2.10. The summed E-state index contributed by atoms with van der Waals surface area (Å²) in [7, 11) is 1.56. The van der Waals surface area contributed by atoms with E-state index in [1.807, 2.05) is 18.2 Å². The fraction of sp³-hybridized carbons (Fsp3) is 0.100. The minimum Gasteiger partial charge on any atom is -0.494 e. The van der Waals surface area contributed by atoms with E-state index in [0.717, 1.165) is 28.3 Å². The zero-order valence-corrected chi connectivity index (χ0v) is 14.5. The summed E-state index contributed by atoms with van der Waals surface area (Å²) in [6.07, 6.45) is 5.57. The van der Waals surface area contributed by atoms with Crippen LogP contribution in [0.2, 0.25) is 0 Å². The van der Waals surface area contributed by atoms with Crippen molar-refractivity contribution in [2.45, 2.75) is 6.54 Å². The summed E-state index contributed by atoms with van der Waals surface area (Å²) in [6.45, 7) is 0.307. The first-order valence-corrected chi connectivity index (χ1v) is 8.31. The maximum absolute atomic E-state index is 12.5. The number of ether oxygens (including phenoxy) is 1. The van der Waals surface area contributed by atoms with E-state index in [-0.39, 0.29) is 5.91 Å². The van der Waals surface area contributed by atoms with E-state index < -0.39 is 0 Å². The van der Waals surface area contributed by atoms with Gasteiger partial charge in [-0.1, -0.05) is 0 Å². The molecule has 27 heavy (non-hydrogen) atoms. The van der Waals surface area contributed by atoms with Crippen molar-refractivity contribution in [3.8, 4) is 5.75 Å². The molecule has 0 aliphatic heterocycles. The molecule has 134 valence electrons. The van der Waals surface area contributed by atoms with E-state index >= 15 is 0 Å². The van der Waals surface area contributed by atoms with Crippen LogP contribution in [0.1, 0.15) is 26.3 Å². The molecule has 0 fully saturated rings. The monoisotopic (exact) mass is 360 g/mol. The molecule has 4 aromatic rings. The van der Waals surface area contributed by atoms with Crippen LogP contribution < -0.4 is 10.1 Å². The highest BCUT2D eigenvalue weighted by atomic mass is 16.5. The number of aldehydes is 1. The predicted octanol–water partition coefficient (Wildman–Crippen LogP) is 2.86. The van der Waals surface area contributed by atoms with Crippen molar-refractivity contribution in [1.29, 1.82) is 0 Å². The smallest absolute Gasteiger partial charge is 0.253 e. The Hall–Kier alpha value is -3.74. The van der Waals surface area contributed by atoms with E-state index in [4.69, 9.17) is 4.74 Å². The predicted molar refractivity (Wildman–Crippen MR) is 101 cm³/mol. The second-order valence-corrected chi connectivity index (χ2v) is 6.08. The molecule has 0 aliphatic rings. The van der Waals surface area contributed by atoms with Crippen molar-refractivity contribution < 1.29 is 14.3 Å². The third-order valence-corrected chi connectivity index (χ3v) is 4.30. The highest BCUT2D eigenvalue weighted by Gasteiger charge is 2.10. The Morgan fingerprint density at radius 3 is 2.89 bits per heavy atom. The minimum absolute atomic E-state index is 0.218. The van der Waals surface area contributed by atoms with Gasteiger partial charge in [-0.15, -0.1) is 0 Å². The molecule has 0 spiro atoms. The maximum Gasteiger partial charge on any atom is 0.253 e. The third kappa shape index (κ3) is 3.22. The molecule has 7 heteroatoms. The largest absolute Gasteiger partial charge is 0.494 e. The van der Waals surface area contributed by atoms with Crippen molar-refractivity contribution in [1.82, 2.24) is 20.3 Å². The van der Waals surface area contributed by atoms with Crippen LogP contribution in [0.3, 0.4) is 0 Å². The van der Waals surface area contributed by atoms with Gasteiger partial charge in [0.05, 0.1) is 12.7 Å². The minimum atomic E-state index is -0.218. The Morgan fingerprint density at radius 1 is 1.19 bits per heavy atom. The molecular formula is C20H16N4O3. The topological polar surface area (TPSA) is 97.0 Å². The van der Waals surface area contributed by atoms with Gasteiger partial charge >= 0.3 is 0 Å². The number of rotatable bonds is 5. The van der Waals surface area contributed by atoms with Gasteiger partial charge in [-0.2, -0.15) is 0 Å². The average molecular weight is 360 g/mol. The number of pyridine rings is 2. The number of amides is 1. The number of nitrogens with one attached hydrogen (secondary N) is 2. The molecule has 0 radical (unpaired) electrons. The van der Waals surface area contributed by atoms with Crippen molar-refractivity contribution in [2.75, 3.05) is 7.11 Å². The molecule has 0 aliphatic carbocycles. The zero-order valence-electron chi connectivity index (χ0n) is 14.5. The number of fused-ring (bicyclic) bond motifs is 2. The first-order valence-electron chi connectivity index (χ1n) is 8.31. The van der Waals surface area contributed by atoms with E-state index in [1.54, 1.807) is 25.4 Å². The van der Waals surface area contributed by atoms with Gasteiger partial charge in [0.2, 0.25) is 0 Å². The van der Waals surface area contributed by atoms with Crippen LogP contribution in [0.5, 0.6) is 5.75 Å². The number of nitrogens with zero attached hydrogens (tertiary/aromatic N) is 2. The molecule has 7 nitrogen and oxygen atoms in total. The van der Waals surface area contributed by atoms with E-state index in [1.165, 1.54) is 12.4 Å². The Bertz CT molecular complexity index is 1170. The van der Waals surface area contributed by atoms with Gasteiger partial charge in [0.1, 0.15) is 16.9 Å². The number of carbonyl (C=O) groups excluding carboxylic acids is 2. The summed E-state index contributed by atoms with van der Waals surface area (Å²) in [6, 6.07) is 9.10. The van der Waals surface area contributed by atoms with Crippen molar-refractivity contribution in [2.24, 2.45) is 0 Å². The molecule has 4 rings (SSSR count). The summed E-state index contributed by atoms with van der Waals surface area (Å²) in [5.74, 6) is 0.369. The Balaban J connectivity index is 1.58. The molecule has 0 unspecified atom stereocenters. The summed E-state index contributed by atoms with van der Waals surface area (Å²) in [5, 5.41) is 4.54. The molecule has 0 bridgehead atoms. The SMILES string of the molecule is COc1cc(CNC(=O)c2cnc3[nH]ccc3c2)cc2cc(C=O)cnc12.